The number of carbonyl (C=O) groups excluding carboxylic acids is 1. The molecule has 1 aliphatic carbocycles. The zero-order valence-corrected chi connectivity index (χ0v) is 10.0. The summed E-state index contributed by atoms with van der Waals surface area (Å²) >= 11 is 0. The predicted molar refractivity (Wildman–Crippen MR) is 68.3 cm³/mol. The van der Waals surface area contributed by atoms with Crippen molar-refractivity contribution in [1.29, 1.82) is 0 Å². The predicted octanol–water partition coefficient (Wildman–Crippen LogP) is 1.89. The number of hydrogen-bond acceptors (Lipinski definition) is 2. The van der Waals surface area contributed by atoms with Crippen LogP contribution < -0.4 is 5.32 Å². The third-order valence-electron chi connectivity index (χ3n) is 3.09. The van der Waals surface area contributed by atoms with E-state index >= 15 is 0 Å². The molecule has 1 amide bonds. The molecule has 1 aromatic heterocycles. The van der Waals surface area contributed by atoms with Gasteiger partial charge in [-0.3, -0.25) is 9.89 Å². The van der Waals surface area contributed by atoms with Gasteiger partial charge in [-0.05, 0) is 18.4 Å². The smallest absolute Gasteiger partial charge is 0.269 e. The van der Waals surface area contributed by atoms with Gasteiger partial charge in [0.25, 0.3) is 5.91 Å². The van der Waals surface area contributed by atoms with E-state index in [1.807, 2.05) is 18.2 Å². The van der Waals surface area contributed by atoms with E-state index in [1.54, 1.807) is 6.20 Å². The lowest BCUT2D eigenvalue weighted by Gasteiger charge is -2.04. The highest BCUT2D eigenvalue weighted by Gasteiger charge is 2.25. The second kappa shape index (κ2) is 4.64. The summed E-state index contributed by atoms with van der Waals surface area (Å²) < 4.78 is 0. The minimum Gasteiger partial charge on any atom is -0.348 e. The quantitative estimate of drug-likeness (QED) is 0.858. The van der Waals surface area contributed by atoms with Crippen molar-refractivity contribution in [2.24, 2.45) is 0 Å². The Labute approximate surface area is 105 Å². The van der Waals surface area contributed by atoms with Crippen LogP contribution in [0.1, 0.15) is 34.5 Å². The van der Waals surface area contributed by atoms with Crippen molar-refractivity contribution < 1.29 is 4.79 Å². The maximum absolute atomic E-state index is 12.0. The van der Waals surface area contributed by atoms with Crippen molar-refractivity contribution in [3.8, 4) is 0 Å². The zero-order valence-electron chi connectivity index (χ0n) is 10.0. The first kappa shape index (κ1) is 11.0. The SMILES string of the molecule is O=C(NC1CC1)c1[nH]ncc1Cc1ccccc1. The second-order valence-corrected chi connectivity index (χ2v) is 4.68. The first-order valence-electron chi connectivity index (χ1n) is 6.20. The topological polar surface area (TPSA) is 57.8 Å². The highest BCUT2D eigenvalue weighted by molar-refractivity contribution is 5.94. The lowest BCUT2D eigenvalue weighted by atomic mass is 10.1. The van der Waals surface area contributed by atoms with E-state index in [-0.39, 0.29) is 5.91 Å². The fourth-order valence-corrected chi connectivity index (χ4v) is 1.94. The van der Waals surface area contributed by atoms with Gasteiger partial charge in [-0.15, -0.1) is 0 Å². The largest absolute Gasteiger partial charge is 0.348 e. The van der Waals surface area contributed by atoms with Gasteiger partial charge < -0.3 is 5.32 Å². The van der Waals surface area contributed by atoms with Gasteiger partial charge in [0, 0.05) is 18.0 Å². The molecule has 0 saturated heterocycles. The minimum atomic E-state index is -0.0408. The molecule has 4 nitrogen and oxygen atoms in total. The highest BCUT2D eigenvalue weighted by atomic mass is 16.2. The normalized spacial score (nSPS) is 14.4. The van der Waals surface area contributed by atoms with Crippen LogP contribution in [0.2, 0.25) is 0 Å². The summed E-state index contributed by atoms with van der Waals surface area (Å²) in [6.45, 7) is 0. The van der Waals surface area contributed by atoms with Crippen molar-refractivity contribution in [3.05, 3.63) is 53.3 Å². The molecule has 1 aliphatic rings. The number of benzene rings is 1. The van der Waals surface area contributed by atoms with Crippen molar-refractivity contribution in [3.63, 3.8) is 0 Å². The number of aromatic amines is 1. The highest BCUT2D eigenvalue weighted by Crippen LogP contribution is 2.20. The molecule has 1 saturated carbocycles. The molecule has 0 unspecified atom stereocenters. The Morgan fingerprint density at radius 2 is 2.11 bits per heavy atom. The maximum Gasteiger partial charge on any atom is 0.269 e. The fourth-order valence-electron chi connectivity index (χ4n) is 1.94. The summed E-state index contributed by atoms with van der Waals surface area (Å²) in [7, 11) is 0. The van der Waals surface area contributed by atoms with E-state index < -0.39 is 0 Å². The number of amides is 1. The van der Waals surface area contributed by atoms with Crippen LogP contribution in [0.5, 0.6) is 0 Å². The summed E-state index contributed by atoms with van der Waals surface area (Å²) in [5.74, 6) is -0.0408. The molecular weight excluding hydrogens is 226 g/mol. The fraction of sp³-hybridized carbons (Fsp3) is 0.286. The Morgan fingerprint density at radius 1 is 1.33 bits per heavy atom. The average molecular weight is 241 g/mol. The van der Waals surface area contributed by atoms with E-state index in [2.05, 4.69) is 27.6 Å². The van der Waals surface area contributed by atoms with Crippen LogP contribution in [0, 0.1) is 0 Å². The van der Waals surface area contributed by atoms with Gasteiger partial charge in [0.2, 0.25) is 0 Å². The zero-order chi connectivity index (χ0) is 12.4. The van der Waals surface area contributed by atoms with Crippen LogP contribution in [-0.4, -0.2) is 22.1 Å². The maximum atomic E-state index is 12.0. The van der Waals surface area contributed by atoms with Crippen molar-refractivity contribution >= 4 is 5.91 Å². The van der Waals surface area contributed by atoms with Gasteiger partial charge in [-0.2, -0.15) is 5.10 Å². The number of rotatable bonds is 4. The van der Waals surface area contributed by atoms with Crippen molar-refractivity contribution in [2.45, 2.75) is 25.3 Å². The molecule has 0 bridgehead atoms. The Balaban J connectivity index is 1.76. The van der Waals surface area contributed by atoms with Crippen molar-refractivity contribution in [2.75, 3.05) is 0 Å². The second-order valence-electron chi connectivity index (χ2n) is 4.68. The van der Waals surface area contributed by atoms with Crippen LogP contribution in [-0.2, 0) is 6.42 Å². The van der Waals surface area contributed by atoms with Crippen molar-refractivity contribution in [1.82, 2.24) is 15.5 Å². The van der Waals surface area contributed by atoms with Crippen LogP contribution >= 0.6 is 0 Å². The number of hydrogen-bond donors (Lipinski definition) is 2. The molecule has 1 heterocycles. The number of nitrogens with zero attached hydrogens (tertiary/aromatic N) is 1. The van der Waals surface area contributed by atoms with Crippen LogP contribution in [0.4, 0.5) is 0 Å². The molecule has 0 radical (unpaired) electrons. The Hall–Kier alpha value is -2.10. The summed E-state index contributed by atoms with van der Waals surface area (Å²) in [5, 5.41) is 9.75. The van der Waals surface area contributed by atoms with Gasteiger partial charge in [0.15, 0.2) is 0 Å². The third kappa shape index (κ3) is 2.42. The van der Waals surface area contributed by atoms with Gasteiger partial charge in [0.05, 0.1) is 6.20 Å². The lowest BCUT2D eigenvalue weighted by molar-refractivity contribution is 0.0945. The van der Waals surface area contributed by atoms with E-state index in [9.17, 15) is 4.79 Å². The van der Waals surface area contributed by atoms with Gasteiger partial charge >= 0.3 is 0 Å². The molecule has 2 aromatic rings. The van der Waals surface area contributed by atoms with Gasteiger partial charge in [0.1, 0.15) is 5.69 Å². The molecule has 92 valence electrons. The number of aromatic nitrogens is 2. The number of nitrogens with one attached hydrogen (secondary N) is 2. The van der Waals surface area contributed by atoms with Gasteiger partial charge in [-0.1, -0.05) is 30.3 Å². The number of carbonyl (C=O) groups is 1. The van der Waals surface area contributed by atoms with E-state index in [0.29, 0.717) is 11.7 Å². The standard InChI is InChI=1S/C14H15N3O/c18-14(16-12-6-7-12)13-11(9-15-17-13)8-10-4-2-1-3-5-10/h1-5,9,12H,6-8H2,(H,15,17)(H,16,18). The molecule has 18 heavy (non-hydrogen) atoms. The van der Waals surface area contributed by atoms with Crippen LogP contribution in [0.25, 0.3) is 0 Å². The molecule has 4 heteroatoms. The molecule has 0 aliphatic heterocycles. The number of H-pyrrole nitrogens is 1. The molecule has 0 atom stereocenters. The Kier molecular flexibility index (Phi) is 2.84. The average Bonchev–Trinajstić information content (AvgIpc) is 3.07. The molecule has 1 fully saturated rings. The molecule has 0 spiro atoms. The van der Waals surface area contributed by atoms with E-state index in [1.165, 1.54) is 5.56 Å². The monoisotopic (exact) mass is 241 g/mol. The lowest BCUT2D eigenvalue weighted by Crippen LogP contribution is -2.26. The summed E-state index contributed by atoms with van der Waals surface area (Å²) in [6.07, 6.45) is 4.64. The first-order valence-corrected chi connectivity index (χ1v) is 6.20. The summed E-state index contributed by atoms with van der Waals surface area (Å²) in [5.41, 5.74) is 2.71. The first-order chi connectivity index (χ1) is 8.83. The Morgan fingerprint density at radius 3 is 2.83 bits per heavy atom. The van der Waals surface area contributed by atoms with E-state index in [0.717, 1.165) is 24.8 Å². The molecule has 1 aromatic carbocycles. The Bertz CT molecular complexity index is 543. The summed E-state index contributed by atoms with van der Waals surface area (Å²) in [4.78, 5) is 12.0. The summed E-state index contributed by atoms with van der Waals surface area (Å²) in [6, 6.07) is 10.5. The van der Waals surface area contributed by atoms with E-state index in [4.69, 9.17) is 0 Å². The molecule has 2 N–H and O–H groups in total. The van der Waals surface area contributed by atoms with Crippen LogP contribution in [0.3, 0.4) is 0 Å². The third-order valence-corrected chi connectivity index (χ3v) is 3.09. The van der Waals surface area contributed by atoms with Gasteiger partial charge in [-0.25, -0.2) is 0 Å². The minimum absolute atomic E-state index is 0.0408. The molecule has 3 rings (SSSR count). The molecular formula is C14H15N3O. The van der Waals surface area contributed by atoms with Crippen LogP contribution in [0.15, 0.2) is 36.5 Å².